The van der Waals surface area contributed by atoms with Gasteiger partial charge in [0.2, 0.25) is 0 Å². The van der Waals surface area contributed by atoms with E-state index in [2.05, 4.69) is 26.7 Å². The standard InChI is InChI=1S/C21H27N5O2/c1-21(5-6-21)28-17-4-2-3-16(13-17)20(22)18-14-19(24-15-23-18)26-9-7-25(8-10-26)11-12-27/h2-4,13-15,22,27H,5-12H2,1H3. The Morgan fingerprint density at radius 3 is 2.68 bits per heavy atom. The van der Waals surface area contributed by atoms with Gasteiger partial charge in [0.1, 0.15) is 23.5 Å². The molecular formula is C21H27N5O2. The van der Waals surface area contributed by atoms with Crippen LogP contribution in [-0.2, 0) is 0 Å². The molecule has 2 aromatic rings. The number of rotatable bonds is 7. The van der Waals surface area contributed by atoms with Crippen LogP contribution in [0.15, 0.2) is 36.7 Å². The third kappa shape index (κ3) is 4.31. The van der Waals surface area contributed by atoms with E-state index in [0.29, 0.717) is 18.0 Å². The molecular weight excluding hydrogens is 354 g/mol. The second kappa shape index (κ2) is 7.85. The molecule has 4 rings (SSSR count). The quantitative estimate of drug-likeness (QED) is 0.713. The molecule has 2 aliphatic rings. The molecule has 1 aromatic heterocycles. The average Bonchev–Trinajstić information content (AvgIpc) is 3.45. The van der Waals surface area contributed by atoms with E-state index in [1.807, 2.05) is 30.3 Å². The first-order chi connectivity index (χ1) is 13.6. The van der Waals surface area contributed by atoms with Crippen molar-refractivity contribution in [1.29, 1.82) is 5.41 Å². The van der Waals surface area contributed by atoms with Gasteiger partial charge in [0.05, 0.1) is 18.0 Å². The van der Waals surface area contributed by atoms with Crippen LogP contribution < -0.4 is 9.64 Å². The van der Waals surface area contributed by atoms with Crippen LogP contribution in [0.3, 0.4) is 0 Å². The number of ether oxygens (including phenoxy) is 1. The summed E-state index contributed by atoms with van der Waals surface area (Å²) >= 11 is 0. The molecule has 148 valence electrons. The Kier molecular flexibility index (Phi) is 5.28. The number of nitrogens with one attached hydrogen (secondary N) is 1. The molecule has 0 bridgehead atoms. The molecule has 1 saturated carbocycles. The fourth-order valence-electron chi connectivity index (χ4n) is 3.42. The Hall–Kier alpha value is -2.51. The predicted octanol–water partition coefficient (Wildman–Crippen LogP) is 1.94. The van der Waals surface area contributed by atoms with Crippen molar-refractivity contribution in [2.45, 2.75) is 25.4 Å². The van der Waals surface area contributed by atoms with Gasteiger partial charge in [-0.25, -0.2) is 9.97 Å². The molecule has 0 spiro atoms. The minimum absolute atomic E-state index is 0.0406. The van der Waals surface area contributed by atoms with Gasteiger partial charge in [0, 0.05) is 44.4 Å². The van der Waals surface area contributed by atoms with Gasteiger partial charge in [0.15, 0.2) is 0 Å². The van der Waals surface area contributed by atoms with E-state index >= 15 is 0 Å². The molecule has 1 saturated heterocycles. The zero-order valence-electron chi connectivity index (χ0n) is 16.3. The molecule has 1 aliphatic carbocycles. The number of hydrogen-bond acceptors (Lipinski definition) is 7. The molecule has 2 N–H and O–H groups in total. The number of aromatic nitrogens is 2. The number of piperazine rings is 1. The van der Waals surface area contributed by atoms with Crippen molar-refractivity contribution < 1.29 is 9.84 Å². The average molecular weight is 381 g/mol. The molecule has 7 heteroatoms. The third-order valence-electron chi connectivity index (χ3n) is 5.46. The van der Waals surface area contributed by atoms with Gasteiger partial charge in [-0.3, -0.25) is 10.3 Å². The molecule has 0 atom stereocenters. The Bertz CT molecular complexity index is 844. The lowest BCUT2D eigenvalue weighted by atomic mass is 10.1. The SMILES string of the molecule is CC1(Oc2cccc(C(=N)c3cc(N4CCN(CCO)CC4)ncn3)c2)CC1. The van der Waals surface area contributed by atoms with Gasteiger partial charge in [0.25, 0.3) is 0 Å². The molecule has 2 heterocycles. The lowest BCUT2D eigenvalue weighted by Crippen LogP contribution is -2.47. The van der Waals surface area contributed by atoms with Crippen molar-refractivity contribution in [3.8, 4) is 5.75 Å². The number of aliphatic hydroxyl groups excluding tert-OH is 1. The predicted molar refractivity (Wildman–Crippen MR) is 108 cm³/mol. The number of β-amino-alcohol motifs (C(OH)–C–C–N with tert-alkyl or cyclic N) is 1. The Morgan fingerprint density at radius 1 is 1.18 bits per heavy atom. The summed E-state index contributed by atoms with van der Waals surface area (Å²) in [6, 6.07) is 9.59. The minimum Gasteiger partial charge on any atom is -0.488 e. The van der Waals surface area contributed by atoms with Crippen molar-refractivity contribution in [3.05, 3.63) is 47.9 Å². The van der Waals surface area contributed by atoms with Crippen molar-refractivity contribution >= 4 is 11.5 Å². The summed E-state index contributed by atoms with van der Waals surface area (Å²) in [5.74, 6) is 1.65. The van der Waals surface area contributed by atoms with Crippen molar-refractivity contribution in [1.82, 2.24) is 14.9 Å². The molecule has 1 aromatic carbocycles. The van der Waals surface area contributed by atoms with E-state index in [1.54, 1.807) is 0 Å². The summed E-state index contributed by atoms with van der Waals surface area (Å²) < 4.78 is 6.03. The van der Waals surface area contributed by atoms with Crippen molar-refractivity contribution in [2.75, 3.05) is 44.2 Å². The number of benzene rings is 1. The molecule has 7 nitrogen and oxygen atoms in total. The summed E-state index contributed by atoms with van der Waals surface area (Å²) in [5.41, 5.74) is 1.73. The molecule has 0 amide bonds. The van der Waals surface area contributed by atoms with Crippen LogP contribution in [0.2, 0.25) is 0 Å². The topological polar surface area (TPSA) is 85.6 Å². The first-order valence-corrected chi connectivity index (χ1v) is 9.85. The molecule has 0 unspecified atom stereocenters. The van der Waals surface area contributed by atoms with Crippen LogP contribution in [0.4, 0.5) is 5.82 Å². The first kappa shape index (κ1) is 18.8. The van der Waals surface area contributed by atoms with E-state index in [0.717, 1.165) is 56.2 Å². The van der Waals surface area contributed by atoms with Crippen molar-refractivity contribution in [3.63, 3.8) is 0 Å². The van der Waals surface area contributed by atoms with Gasteiger partial charge < -0.3 is 14.7 Å². The Balaban J connectivity index is 1.47. The van der Waals surface area contributed by atoms with Crippen LogP contribution in [0.25, 0.3) is 0 Å². The number of nitrogens with zero attached hydrogens (tertiary/aromatic N) is 4. The Morgan fingerprint density at radius 2 is 1.96 bits per heavy atom. The number of aliphatic hydroxyl groups is 1. The van der Waals surface area contributed by atoms with E-state index in [1.165, 1.54) is 6.33 Å². The van der Waals surface area contributed by atoms with Crippen LogP contribution >= 0.6 is 0 Å². The molecule has 1 aliphatic heterocycles. The summed E-state index contributed by atoms with van der Waals surface area (Å²) in [5, 5.41) is 17.7. The highest BCUT2D eigenvalue weighted by atomic mass is 16.5. The van der Waals surface area contributed by atoms with Crippen LogP contribution in [0, 0.1) is 5.41 Å². The monoisotopic (exact) mass is 381 g/mol. The van der Waals surface area contributed by atoms with Crippen LogP contribution in [0.1, 0.15) is 31.0 Å². The normalized spacial score (nSPS) is 18.7. The van der Waals surface area contributed by atoms with E-state index in [9.17, 15) is 0 Å². The smallest absolute Gasteiger partial charge is 0.132 e. The molecule has 0 radical (unpaired) electrons. The zero-order chi connectivity index (χ0) is 19.6. The fourth-order valence-corrected chi connectivity index (χ4v) is 3.42. The highest BCUT2D eigenvalue weighted by Gasteiger charge is 2.40. The maximum atomic E-state index is 9.08. The first-order valence-electron chi connectivity index (χ1n) is 9.85. The largest absolute Gasteiger partial charge is 0.488 e. The summed E-state index contributed by atoms with van der Waals surface area (Å²) in [7, 11) is 0. The van der Waals surface area contributed by atoms with Gasteiger partial charge in [-0.2, -0.15) is 0 Å². The van der Waals surface area contributed by atoms with E-state index < -0.39 is 0 Å². The number of anilines is 1. The second-order valence-electron chi connectivity index (χ2n) is 7.77. The summed E-state index contributed by atoms with van der Waals surface area (Å²) in [6.07, 6.45) is 3.69. The Labute approximate surface area is 165 Å². The van der Waals surface area contributed by atoms with Gasteiger partial charge in [-0.15, -0.1) is 0 Å². The maximum Gasteiger partial charge on any atom is 0.132 e. The maximum absolute atomic E-state index is 9.08. The molecule has 28 heavy (non-hydrogen) atoms. The minimum atomic E-state index is -0.0406. The van der Waals surface area contributed by atoms with Gasteiger partial charge >= 0.3 is 0 Å². The van der Waals surface area contributed by atoms with Gasteiger partial charge in [-0.05, 0) is 31.9 Å². The zero-order valence-corrected chi connectivity index (χ0v) is 16.3. The summed E-state index contributed by atoms with van der Waals surface area (Å²) in [6.45, 7) is 6.52. The van der Waals surface area contributed by atoms with E-state index in [-0.39, 0.29) is 12.2 Å². The van der Waals surface area contributed by atoms with Crippen LogP contribution in [0.5, 0.6) is 5.75 Å². The second-order valence-corrected chi connectivity index (χ2v) is 7.77. The molecule has 2 fully saturated rings. The highest BCUT2D eigenvalue weighted by Crippen LogP contribution is 2.39. The summed E-state index contributed by atoms with van der Waals surface area (Å²) in [4.78, 5) is 13.2. The van der Waals surface area contributed by atoms with E-state index in [4.69, 9.17) is 15.3 Å². The fraction of sp³-hybridized carbons (Fsp3) is 0.476. The third-order valence-corrected chi connectivity index (χ3v) is 5.46. The lowest BCUT2D eigenvalue weighted by molar-refractivity contribution is 0.188. The lowest BCUT2D eigenvalue weighted by Gasteiger charge is -2.35. The highest BCUT2D eigenvalue weighted by molar-refractivity contribution is 6.10. The van der Waals surface area contributed by atoms with Gasteiger partial charge in [-0.1, -0.05) is 12.1 Å². The van der Waals surface area contributed by atoms with Crippen molar-refractivity contribution in [2.24, 2.45) is 0 Å². The van der Waals surface area contributed by atoms with Crippen LogP contribution in [-0.4, -0.2) is 70.6 Å². The number of hydrogen-bond donors (Lipinski definition) is 2.